The summed E-state index contributed by atoms with van der Waals surface area (Å²) in [7, 11) is 0. The Hall–Kier alpha value is -1.93. The van der Waals surface area contributed by atoms with Crippen LogP contribution in [-0.4, -0.2) is 11.6 Å². The molecule has 0 unspecified atom stereocenters. The first-order valence-electron chi connectivity index (χ1n) is 6.00. The normalized spacial score (nSPS) is 13.2. The molecule has 1 aliphatic carbocycles. The van der Waals surface area contributed by atoms with E-state index >= 15 is 0 Å². The molecule has 2 aromatic rings. The fourth-order valence-electron chi connectivity index (χ4n) is 2.60. The number of carbonyl (C=O) groups excluding carboxylic acids is 2. The summed E-state index contributed by atoms with van der Waals surface area (Å²) in [4.78, 5) is 25.2. The van der Waals surface area contributed by atoms with Crippen LogP contribution in [0, 0.1) is 13.8 Å². The van der Waals surface area contributed by atoms with Crippen molar-refractivity contribution in [3.63, 3.8) is 0 Å². The Labute approximate surface area is 116 Å². The quantitative estimate of drug-likeness (QED) is 0.624. The van der Waals surface area contributed by atoms with Crippen LogP contribution in [0.15, 0.2) is 30.3 Å². The summed E-state index contributed by atoms with van der Waals surface area (Å²) in [6.45, 7) is 3.68. The molecule has 0 aliphatic heterocycles. The average molecular weight is 271 g/mol. The first kappa shape index (κ1) is 12.1. The van der Waals surface area contributed by atoms with Gasteiger partial charge in [-0.25, -0.2) is 0 Å². The predicted octanol–water partition coefficient (Wildman–Crippen LogP) is 3.73. The minimum absolute atomic E-state index is 0.117. The second-order valence-electron chi connectivity index (χ2n) is 4.77. The molecule has 3 heteroatoms. The number of aryl methyl sites for hydroxylation is 2. The number of hydrogen-bond acceptors (Lipinski definition) is 2. The Morgan fingerprint density at radius 1 is 0.789 bits per heavy atom. The first-order valence-corrected chi connectivity index (χ1v) is 6.38. The number of benzene rings is 2. The maximum Gasteiger partial charge on any atom is 0.196 e. The minimum Gasteiger partial charge on any atom is -0.289 e. The van der Waals surface area contributed by atoms with Crippen LogP contribution in [-0.2, 0) is 0 Å². The number of hydrogen-bond donors (Lipinski definition) is 0. The SMILES string of the molecule is Cc1ccc(C)c2c1C(=O)c1cccc(Cl)c1C2=O. The Morgan fingerprint density at radius 2 is 1.37 bits per heavy atom. The lowest BCUT2D eigenvalue weighted by molar-refractivity contribution is 0.0978. The number of ketones is 2. The second kappa shape index (κ2) is 4.04. The van der Waals surface area contributed by atoms with E-state index in [0.29, 0.717) is 27.3 Å². The average Bonchev–Trinajstić information content (AvgIpc) is 2.38. The summed E-state index contributed by atoms with van der Waals surface area (Å²) in [5.41, 5.74) is 3.37. The second-order valence-corrected chi connectivity index (χ2v) is 5.18. The molecular weight excluding hydrogens is 260 g/mol. The summed E-state index contributed by atoms with van der Waals surface area (Å²) >= 11 is 6.09. The van der Waals surface area contributed by atoms with Crippen molar-refractivity contribution in [1.29, 1.82) is 0 Å². The van der Waals surface area contributed by atoms with E-state index in [9.17, 15) is 9.59 Å². The van der Waals surface area contributed by atoms with Gasteiger partial charge < -0.3 is 0 Å². The van der Waals surface area contributed by atoms with Gasteiger partial charge in [0.1, 0.15) is 0 Å². The zero-order valence-electron chi connectivity index (χ0n) is 10.6. The van der Waals surface area contributed by atoms with Gasteiger partial charge in [-0.15, -0.1) is 0 Å². The Bertz CT molecular complexity index is 745. The summed E-state index contributed by atoms with van der Waals surface area (Å²) in [6, 6.07) is 8.73. The van der Waals surface area contributed by atoms with Gasteiger partial charge >= 0.3 is 0 Å². The molecule has 1 aliphatic rings. The summed E-state index contributed by atoms with van der Waals surface area (Å²) in [5.74, 6) is -0.273. The Kier molecular flexibility index (Phi) is 2.58. The van der Waals surface area contributed by atoms with E-state index in [-0.39, 0.29) is 11.6 Å². The van der Waals surface area contributed by atoms with Gasteiger partial charge in [0.05, 0.1) is 10.6 Å². The minimum atomic E-state index is -0.156. The number of rotatable bonds is 0. The van der Waals surface area contributed by atoms with Crippen molar-refractivity contribution in [2.75, 3.05) is 0 Å². The van der Waals surface area contributed by atoms with Crippen molar-refractivity contribution in [1.82, 2.24) is 0 Å². The van der Waals surface area contributed by atoms with Gasteiger partial charge in [-0.05, 0) is 31.0 Å². The van der Waals surface area contributed by atoms with Crippen molar-refractivity contribution < 1.29 is 9.59 Å². The van der Waals surface area contributed by atoms with E-state index in [1.165, 1.54) is 0 Å². The molecule has 0 saturated heterocycles. The summed E-state index contributed by atoms with van der Waals surface area (Å²) in [5, 5.41) is 0.336. The first-order chi connectivity index (χ1) is 9.02. The molecule has 0 atom stereocenters. The summed E-state index contributed by atoms with van der Waals surface area (Å²) < 4.78 is 0. The van der Waals surface area contributed by atoms with Gasteiger partial charge in [0.25, 0.3) is 0 Å². The largest absolute Gasteiger partial charge is 0.289 e. The molecule has 0 spiro atoms. The van der Waals surface area contributed by atoms with Crippen LogP contribution in [0.25, 0.3) is 0 Å². The van der Waals surface area contributed by atoms with E-state index in [4.69, 9.17) is 11.6 Å². The highest BCUT2D eigenvalue weighted by atomic mass is 35.5. The van der Waals surface area contributed by atoms with Crippen LogP contribution in [0.2, 0.25) is 5.02 Å². The fourth-order valence-corrected chi connectivity index (χ4v) is 2.86. The smallest absolute Gasteiger partial charge is 0.196 e. The van der Waals surface area contributed by atoms with Gasteiger partial charge in [-0.2, -0.15) is 0 Å². The fraction of sp³-hybridized carbons (Fsp3) is 0.125. The maximum atomic E-state index is 12.6. The van der Waals surface area contributed by atoms with Crippen molar-refractivity contribution >= 4 is 23.2 Å². The molecule has 0 N–H and O–H groups in total. The Balaban J connectivity index is 2.43. The molecule has 94 valence electrons. The molecule has 0 aromatic heterocycles. The lowest BCUT2D eigenvalue weighted by Gasteiger charge is -2.21. The molecular formula is C16H11ClO2. The van der Waals surface area contributed by atoms with Crippen molar-refractivity contribution in [3.8, 4) is 0 Å². The molecule has 0 radical (unpaired) electrons. The Morgan fingerprint density at radius 3 is 2.00 bits per heavy atom. The summed E-state index contributed by atoms with van der Waals surface area (Å²) in [6.07, 6.45) is 0. The van der Waals surface area contributed by atoms with E-state index in [2.05, 4.69) is 0 Å². The molecule has 2 nitrogen and oxygen atoms in total. The van der Waals surface area contributed by atoms with Crippen LogP contribution in [0.5, 0.6) is 0 Å². The third kappa shape index (κ3) is 1.57. The molecule has 19 heavy (non-hydrogen) atoms. The van der Waals surface area contributed by atoms with Gasteiger partial charge in [0.2, 0.25) is 0 Å². The van der Waals surface area contributed by atoms with Gasteiger partial charge in [0, 0.05) is 16.7 Å². The van der Waals surface area contributed by atoms with E-state index in [0.717, 1.165) is 11.1 Å². The topological polar surface area (TPSA) is 34.1 Å². The monoisotopic (exact) mass is 270 g/mol. The van der Waals surface area contributed by atoms with Crippen LogP contribution in [0.4, 0.5) is 0 Å². The number of carbonyl (C=O) groups is 2. The molecule has 0 amide bonds. The third-order valence-electron chi connectivity index (χ3n) is 3.56. The lowest BCUT2D eigenvalue weighted by Crippen LogP contribution is -2.23. The van der Waals surface area contributed by atoms with Crippen LogP contribution >= 0.6 is 11.6 Å². The number of fused-ring (bicyclic) bond motifs is 2. The molecule has 0 heterocycles. The molecule has 0 bridgehead atoms. The van der Waals surface area contributed by atoms with E-state index in [1.807, 2.05) is 26.0 Å². The van der Waals surface area contributed by atoms with Gasteiger partial charge in [-0.3, -0.25) is 9.59 Å². The molecule has 3 rings (SSSR count). The molecule has 0 saturated carbocycles. The number of halogens is 1. The highest BCUT2D eigenvalue weighted by Gasteiger charge is 2.33. The van der Waals surface area contributed by atoms with Gasteiger partial charge in [-0.1, -0.05) is 35.9 Å². The predicted molar refractivity (Wildman–Crippen MR) is 74.2 cm³/mol. The van der Waals surface area contributed by atoms with Crippen molar-refractivity contribution in [3.05, 3.63) is 68.7 Å². The molecule has 2 aromatic carbocycles. The highest BCUT2D eigenvalue weighted by Crippen LogP contribution is 2.34. The van der Waals surface area contributed by atoms with Crippen molar-refractivity contribution in [2.24, 2.45) is 0 Å². The third-order valence-corrected chi connectivity index (χ3v) is 3.88. The van der Waals surface area contributed by atoms with Crippen LogP contribution < -0.4 is 0 Å². The van der Waals surface area contributed by atoms with Crippen LogP contribution in [0.3, 0.4) is 0 Å². The van der Waals surface area contributed by atoms with Crippen molar-refractivity contribution in [2.45, 2.75) is 13.8 Å². The van der Waals surface area contributed by atoms with E-state index in [1.54, 1.807) is 18.2 Å². The zero-order chi connectivity index (χ0) is 13.7. The highest BCUT2D eigenvalue weighted by molar-refractivity contribution is 6.39. The van der Waals surface area contributed by atoms with Crippen LogP contribution in [0.1, 0.15) is 43.0 Å². The van der Waals surface area contributed by atoms with E-state index < -0.39 is 0 Å². The lowest BCUT2D eigenvalue weighted by atomic mass is 9.80. The zero-order valence-corrected chi connectivity index (χ0v) is 11.3. The standard InChI is InChI=1S/C16H11ClO2/c1-8-6-7-9(2)13-12(8)15(18)10-4-3-5-11(17)14(10)16(13)19/h3-7H,1-2H3. The molecule has 0 fully saturated rings. The van der Waals surface area contributed by atoms with Gasteiger partial charge in [0.15, 0.2) is 11.6 Å². The maximum absolute atomic E-state index is 12.6.